The molecule has 1 aliphatic rings. The number of aromatic amines is 1. The lowest BCUT2D eigenvalue weighted by Crippen LogP contribution is -2.35. The molecular formula is C18H16BrCl2N5O. The van der Waals surface area contributed by atoms with Crippen LogP contribution in [0.2, 0.25) is 0 Å². The van der Waals surface area contributed by atoms with E-state index in [1.165, 1.54) is 0 Å². The van der Waals surface area contributed by atoms with E-state index in [9.17, 15) is 4.79 Å². The Morgan fingerprint density at radius 2 is 2.04 bits per heavy atom. The number of amides is 1. The van der Waals surface area contributed by atoms with Crippen molar-refractivity contribution in [2.45, 2.75) is 6.54 Å². The van der Waals surface area contributed by atoms with Crippen molar-refractivity contribution in [2.24, 2.45) is 4.99 Å². The van der Waals surface area contributed by atoms with Gasteiger partial charge in [-0.05, 0) is 35.9 Å². The second-order valence-corrected chi connectivity index (χ2v) is 6.49. The van der Waals surface area contributed by atoms with Gasteiger partial charge in [0.25, 0.3) is 5.91 Å². The number of benzene rings is 1. The summed E-state index contributed by atoms with van der Waals surface area (Å²) < 4.78 is 1.01. The van der Waals surface area contributed by atoms with Crippen LogP contribution < -0.4 is 10.6 Å². The van der Waals surface area contributed by atoms with Gasteiger partial charge in [-0.25, -0.2) is 9.98 Å². The number of halogens is 3. The van der Waals surface area contributed by atoms with Crippen molar-refractivity contribution < 1.29 is 4.79 Å². The fourth-order valence-corrected chi connectivity index (χ4v) is 3.08. The van der Waals surface area contributed by atoms with Crippen LogP contribution >= 0.6 is 40.7 Å². The van der Waals surface area contributed by atoms with Crippen molar-refractivity contribution >= 4 is 69.7 Å². The van der Waals surface area contributed by atoms with Gasteiger partial charge in [-0.15, -0.1) is 24.8 Å². The quantitative estimate of drug-likeness (QED) is 0.511. The number of pyridine rings is 1. The Hall–Kier alpha value is -2.35. The molecule has 6 nitrogen and oxygen atoms in total. The standard InChI is InChI=1S/C18H14BrN5O.2ClH/c19-13-4-1-3-11(7-13)9-22-18-23-15(17(25)24-18)8-12-10-21-16-14(12)5-2-6-20-16;;/h1-8,10H,9H2,(H,20,21)(H2,22,23,24,25);2*1H. The Labute approximate surface area is 176 Å². The van der Waals surface area contributed by atoms with Crippen LogP contribution in [0.15, 0.2) is 64.0 Å². The van der Waals surface area contributed by atoms with E-state index in [2.05, 4.69) is 41.5 Å². The third kappa shape index (κ3) is 4.68. The molecule has 1 aromatic carbocycles. The Morgan fingerprint density at radius 3 is 2.85 bits per heavy atom. The van der Waals surface area contributed by atoms with Crippen LogP contribution in [0.4, 0.5) is 0 Å². The highest BCUT2D eigenvalue weighted by atomic mass is 79.9. The fraction of sp³-hybridized carbons (Fsp3) is 0.0556. The van der Waals surface area contributed by atoms with Gasteiger partial charge in [-0.3, -0.25) is 10.1 Å². The van der Waals surface area contributed by atoms with Crippen molar-refractivity contribution in [3.8, 4) is 0 Å². The van der Waals surface area contributed by atoms with Gasteiger partial charge >= 0.3 is 0 Å². The molecule has 0 unspecified atom stereocenters. The van der Waals surface area contributed by atoms with Gasteiger partial charge in [-0.1, -0.05) is 28.1 Å². The van der Waals surface area contributed by atoms with Crippen LogP contribution in [-0.2, 0) is 11.3 Å². The number of hydrogen-bond donors (Lipinski definition) is 3. The molecule has 2 aromatic heterocycles. The molecule has 3 N–H and O–H groups in total. The Morgan fingerprint density at radius 1 is 1.19 bits per heavy atom. The summed E-state index contributed by atoms with van der Waals surface area (Å²) in [6, 6.07) is 11.8. The number of fused-ring (bicyclic) bond motifs is 1. The zero-order valence-corrected chi connectivity index (χ0v) is 17.1. The van der Waals surface area contributed by atoms with Gasteiger partial charge < -0.3 is 10.3 Å². The molecule has 3 aromatic rings. The highest BCUT2D eigenvalue weighted by molar-refractivity contribution is 9.10. The highest BCUT2D eigenvalue weighted by Gasteiger charge is 2.20. The number of hydrogen-bond acceptors (Lipinski definition) is 4. The number of aromatic nitrogens is 2. The minimum atomic E-state index is -0.227. The van der Waals surface area contributed by atoms with Gasteiger partial charge in [-0.2, -0.15) is 0 Å². The molecule has 0 radical (unpaired) electrons. The summed E-state index contributed by atoms with van der Waals surface area (Å²) in [5, 5.41) is 6.83. The number of guanidine groups is 1. The zero-order chi connectivity index (χ0) is 17.2. The minimum Gasteiger partial charge on any atom is -0.352 e. The maximum atomic E-state index is 12.1. The fourth-order valence-electron chi connectivity index (χ4n) is 2.63. The molecule has 9 heteroatoms. The van der Waals surface area contributed by atoms with Crippen LogP contribution in [0.25, 0.3) is 17.1 Å². The van der Waals surface area contributed by atoms with E-state index in [0.717, 1.165) is 26.6 Å². The number of rotatable bonds is 3. The summed E-state index contributed by atoms with van der Waals surface area (Å²) in [5.41, 5.74) is 3.11. The van der Waals surface area contributed by atoms with E-state index in [1.807, 2.05) is 42.6 Å². The summed E-state index contributed by atoms with van der Waals surface area (Å²) in [7, 11) is 0. The SMILES string of the molecule is Cl.Cl.O=C1NC(NCc2cccc(Br)c2)=NC1=Cc1c[nH]c2ncccc12. The maximum Gasteiger partial charge on any atom is 0.276 e. The molecule has 0 fully saturated rings. The Kier molecular flexibility index (Phi) is 7.01. The lowest BCUT2D eigenvalue weighted by atomic mass is 10.2. The molecular weight excluding hydrogens is 453 g/mol. The van der Waals surface area contributed by atoms with Gasteiger partial charge in [0.2, 0.25) is 5.96 Å². The average molecular weight is 469 g/mol. The van der Waals surface area contributed by atoms with E-state index in [-0.39, 0.29) is 30.7 Å². The number of nitrogens with one attached hydrogen (secondary N) is 3. The van der Waals surface area contributed by atoms with Crippen molar-refractivity contribution in [1.29, 1.82) is 0 Å². The van der Waals surface area contributed by atoms with E-state index < -0.39 is 0 Å². The number of carbonyl (C=O) groups excluding carboxylic acids is 1. The predicted molar refractivity (Wildman–Crippen MR) is 115 cm³/mol. The molecule has 0 aliphatic carbocycles. The second kappa shape index (κ2) is 9.03. The van der Waals surface area contributed by atoms with Gasteiger partial charge in [0.05, 0.1) is 0 Å². The first kappa shape index (κ1) is 21.0. The molecule has 0 bridgehead atoms. The first-order chi connectivity index (χ1) is 12.2. The molecule has 4 rings (SSSR count). The van der Waals surface area contributed by atoms with Crippen molar-refractivity contribution in [3.05, 3.63) is 70.1 Å². The summed E-state index contributed by atoms with van der Waals surface area (Å²) >= 11 is 3.44. The first-order valence-corrected chi connectivity index (χ1v) is 8.50. The van der Waals surface area contributed by atoms with Gasteiger partial charge in [0.1, 0.15) is 11.3 Å². The lowest BCUT2D eigenvalue weighted by molar-refractivity contribution is -0.115. The Bertz CT molecular complexity index is 1030. The van der Waals surface area contributed by atoms with Crippen molar-refractivity contribution in [3.63, 3.8) is 0 Å². The summed E-state index contributed by atoms with van der Waals surface area (Å²) in [6.45, 7) is 0.572. The third-order valence-corrected chi connectivity index (χ3v) is 4.31. The van der Waals surface area contributed by atoms with Gasteiger partial charge in [0, 0.05) is 34.4 Å². The van der Waals surface area contributed by atoms with E-state index >= 15 is 0 Å². The number of carbonyl (C=O) groups is 1. The normalized spacial score (nSPS) is 14.3. The van der Waals surface area contributed by atoms with E-state index in [1.54, 1.807) is 12.3 Å². The summed E-state index contributed by atoms with van der Waals surface area (Å²) in [5.74, 6) is 0.226. The second-order valence-electron chi connectivity index (χ2n) is 5.57. The topological polar surface area (TPSA) is 82.2 Å². The van der Waals surface area contributed by atoms with E-state index in [4.69, 9.17) is 0 Å². The molecule has 0 spiro atoms. The zero-order valence-electron chi connectivity index (χ0n) is 13.9. The largest absolute Gasteiger partial charge is 0.352 e. The molecule has 1 aliphatic heterocycles. The van der Waals surface area contributed by atoms with E-state index in [0.29, 0.717) is 18.2 Å². The predicted octanol–water partition coefficient (Wildman–Crippen LogP) is 3.79. The molecule has 0 saturated carbocycles. The van der Waals surface area contributed by atoms with Crippen LogP contribution in [0, 0.1) is 0 Å². The first-order valence-electron chi connectivity index (χ1n) is 7.71. The Balaban J connectivity index is 0.00000131. The van der Waals surface area contributed by atoms with Gasteiger partial charge in [0.15, 0.2) is 0 Å². The van der Waals surface area contributed by atoms with Crippen LogP contribution in [0.5, 0.6) is 0 Å². The number of H-pyrrole nitrogens is 1. The molecule has 27 heavy (non-hydrogen) atoms. The summed E-state index contributed by atoms with van der Waals surface area (Å²) in [6.07, 6.45) is 5.30. The number of aliphatic imine (C=N–C) groups is 1. The van der Waals surface area contributed by atoms with Crippen LogP contribution in [0.3, 0.4) is 0 Å². The average Bonchev–Trinajstić information content (AvgIpc) is 3.18. The lowest BCUT2D eigenvalue weighted by Gasteiger charge is -2.05. The molecule has 3 heterocycles. The number of nitrogens with zero attached hydrogens (tertiary/aromatic N) is 2. The monoisotopic (exact) mass is 467 g/mol. The molecule has 0 atom stereocenters. The minimum absolute atomic E-state index is 0. The molecule has 140 valence electrons. The molecule has 1 amide bonds. The smallest absolute Gasteiger partial charge is 0.276 e. The highest BCUT2D eigenvalue weighted by Crippen LogP contribution is 2.20. The third-order valence-electron chi connectivity index (χ3n) is 3.82. The van der Waals surface area contributed by atoms with Crippen molar-refractivity contribution in [2.75, 3.05) is 0 Å². The van der Waals surface area contributed by atoms with Crippen LogP contribution in [-0.4, -0.2) is 21.8 Å². The maximum absolute atomic E-state index is 12.1. The van der Waals surface area contributed by atoms with Crippen LogP contribution in [0.1, 0.15) is 11.1 Å². The summed E-state index contributed by atoms with van der Waals surface area (Å²) in [4.78, 5) is 23.8. The molecule has 0 saturated heterocycles. The van der Waals surface area contributed by atoms with Crippen molar-refractivity contribution in [1.82, 2.24) is 20.6 Å².